The Balaban J connectivity index is 2.22. The van der Waals surface area contributed by atoms with Crippen molar-refractivity contribution in [2.75, 3.05) is 18.5 Å². The molecule has 3 rings (SSSR count). The van der Waals surface area contributed by atoms with Gasteiger partial charge in [0.1, 0.15) is 6.10 Å². The van der Waals surface area contributed by atoms with Crippen molar-refractivity contribution in [2.24, 2.45) is 5.73 Å². The van der Waals surface area contributed by atoms with Crippen molar-refractivity contribution in [3.63, 3.8) is 0 Å². The molecule has 0 radical (unpaired) electrons. The van der Waals surface area contributed by atoms with E-state index in [0.29, 0.717) is 12.6 Å². The molecule has 2 unspecified atom stereocenters. The molecule has 0 aromatic heterocycles. The molecule has 0 fully saturated rings. The average Bonchev–Trinajstić information content (AvgIpc) is 2.42. The lowest BCUT2D eigenvalue weighted by atomic mass is 10.0. The summed E-state index contributed by atoms with van der Waals surface area (Å²) in [5, 5.41) is 2.36. The van der Waals surface area contributed by atoms with E-state index in [0.717, 1.165) is 16.8 Å². The summed E-state index contributed by atoms with van der Waals surface area (Å²) in [5.74, 6) is 0.962. The Morgan fingerprint density at radius 1 is 1.22 bits per heavy atom. The van der Waals surface area contributed by atoms with Crippen LogP contribution in [0.25, 0.3) is 10.8 Å². The zero-order valence-electron chi connectivity index (χ0n) is 10.8. The molecule has 0 spiro atoms. The molecule has 18 heavy (non-hydrogen) atoms. The van der Waals surface area contributed by atoms with E-state index in [1.807, 2.05) is 12.1 Å². The fourth-order valence-corrected chi connectivity index (χ4v) is 2.60. The van der Waals surface area contributed by atoms with E-state index in [2.05, 4.69) is 43.1 Å². The minimum Gasteiger partial charge on any atom is -0.484 e. The van der Waals surface area contributed by atoms with Crippen molar-refractivity contribution < 1.29 is 4.74 Å². The highest BCUT2D eigenvalue weighted by Crippen LogP contribution is 2.40. The second-order valence-corrected chi connectivity index (χ2v) is 4.88. The summed E-state index contributed by atoms with van der Waals surface area (Å²) >= 11 is 0. The Kier molecular flexibility index (Phi) is 2.63. The Morgan fingerprint density at radius 3 is 2.78 bits per heavy atom. The predicted molar refractivity (Wildman–Crippen MR) is 75.3 cm³/mol. The molecule has 2 aromatic carbocycles. The molecule has 3 nitrogen and oxygen atoms in total. The zero-order chi connectivity index (χ0) is 12.7. The number of fused-ring (bicyclic) bond motifs is 3. The maximum absolute atomic E-state index is 6.11. The summed E-state index contributed by atoms with van der Waals surface area (Å²) in [4.78, 5) is 2.25. The quantitative estimate of drug-likeness (QED) is 0.834. The Labute approximate surface area is 107 Å². The smallest absolute Gasteiger partial charge is 0.151 e. The van der Waals surface area contributed by atoms with E-state index in [-0.39, 0.29) is 6.10 Å². The molecule has 2 N–H and O–H groups in total. The molecule has 94 valence electrons. The highest BCUT2D eigenvalue weighted by molar-refractivity contribution is 5.94. The van der Waals surface area contributed by atoms with E-state index < -0.39 is 0 Å². The van der Waals surface area contributed by atoms with E-state index >= 15 is 0 Å². The number of hydrogen-bond acceptors (Lipinski definition) is 3. The summed E-state index contributed by atoms with van der Waals surface area (Å²) in [6.45, 7) is 2.68. The summed E-state index contributed by atoms with van der Waals surface area (Å²) in [7, 11) is 2.10. The van der Waals surface area contributed by atoms with Crippen LogP contribution in [0.1, 0.15) is 6.92 Å². The minimum absolute atomic E-state index is 0.0494. The minimum atomic E-state index is 0.0494. The largest absolute Gasteiger partial charge is 0.484 e. The van der Waals surface area contributed by atoms with E-state index in [1.165, 1.54) is 5.39 Å². The van der Waals surface area contributed by atoms with E-state index in [4.69, 9.17) is 10.5 Å². The van der Waals surface area contributed by atoms with Gasteiger partial charge in [-0.1, -0.05) is 30.3 Å². The molecule has 3 heteroatoms. The van der Waals surface area contributed by atoms with Crippen LogP contribution in [0.4, 0.5) is 5.69 Å². The first-order valence-electron chi connectivity index (χ1n) is 6.33. The van der Waals surface area contributed by atoms with Gasteiger partial charge >= 0.3 is 0 Å². The first-order valence-corrected chi connectivity index (χ1v) is 6.33. The fraction of sp³-hybridized carbons (Fsp3) is 0.333. The molecule has 0 bridgehead atoms. The Hall–Kier alpha value is -1.74. The van der Waals surface area contributed by atoms with Crippen molar-refractivity contribution in [3.8, 4) is 5.75 Å². The number of rotatable bonds is 1. The highest BCUT2D eigenvalue weighted by Gasteiger charge is 2.30. The maximum Gasteiger partial charge on any atom is 0.151 e. The molecule has 1 aliphatic heterocycles. The number of nitrogens with zero attached hydrogens (tertiary/aromatic N) is 1. The van der Waals surface area contributed by atoms with Gasteiger partial charge in [0, 0.05) is 19.0 Å². The van der Waals surface area contributed by atoms with Crippen LogP contribution < -0.4 is 15.4 Å². The van der Waals surface area contributed by atoms with Gasteiger partial charge in [-0.2, -0.15) is 0 Å². The van der Waals surface area contributed by atoms with Crippen LogP contribution in [-0.2, 0) is 0 Å². The van der Waals surface area contributed by atoms with Gasteiger partial charge in [-0.3, -0.25) is 0 Å². The zero-order valence-corrected chi connectivity index (χ0v) is 10.8. The second kappa shape index (κ2) is 4.18. The number of nitrogens with two attached hydrogens (primary N) is 1. The van der Waals surface area contributed by atoms with Crippen LogP contribution in [-0.4, -0.2) is 25.7 Å². The summed E-state index contributed by atoms with van der Waals surface area (Å²) < 4.78 is 6.11. The standard InChI is InChI=1S/C15H18N2O/c1-10-14(9-16)18-15-12-6-4-3-5-11(12)7-8-13(15)17(10)2/h3-8,10,14H,9,16H2,1-2H3. The lowest BCUT2D eigenvalue weighted by Crippen LogP contribution is -2.49. The average molecular weight is 242 g/mol. The highest BCUT2D eigenvalue weighted by atomic mass is 16.5. The number of anilines is 1. The Morgan fingerprint density at radius 2 is 2.00 bits per heavy atom. The molecule has 2 atom stereocenters. The van der Waals surface area contributed by atoms with Gasteiger partial charge in [0.15, 0.2) is 5.75 Å². The summed E-state index contributed by atoms with van der Waals surface area (Å²) in [6, 6.07) is 12.9. The van der Waals surface area contributed by atoms with Gasteiger partial charge < -0.3 is 15.4 Å². The van der Waals surface area contributed by atoms with Crippen molar-refractivity contribution in [1.29, 1.82) is 0 Å². The van der Waals surface area contributed by atoms with Crippen molar-refractivity contribution in [2.45, 2.75) is 19.1 Å². The van der Waals surface area contributed by atoms with Gasteiger partial charge in [0.05, 0.1) is 11.7 Å². The molecule has 0 aliphatic carbocycles. The van der Waals surface area contributed by atoms with Crippen LogP contribution in [0.15, 0.2) is 36.4 Å². The van der Waals surface area contributed by atoms with Crippen LogP contribution in [0.2, 0.25) is 0 Å². The van der Waals surface area contributed by atoms with Crippen LogP contribution in [0.5, 0.6) is 5.75 Å². The van der Waals surface area contributed by atoms with Gasteiger partial charge in [-0.15, -0.1) is 0 Å². The molecular weight excluding hydrogens is 224 g/mol. The molecule has 0 saturated carbocycles. The molecule has 1 aliphatic rings. The monoisotopic (exact) mass is 242 g/mol. The number of likely N-dealkylation sites (N-methyl/N-ethyl adjacent to an activating group) is 1. The Bertz CT molecular complexity index is 582. The number of hydrogen-bond donors (Lipinski definition) is 1. The predicted octanol–water partition coefficient (Wildman–Crippen LogP) is 2.38. The number of ether oxygens (including phenoxy) is 1. The van der Waals surface area contributed by atoms with Gasteiger partial charge in [-0.05, 0) is 18.4 Å². The lowest BCUT2D eigenvalue weighted by molar-refractivity contribution is 0.171. The SMILES string of the molecule is CC1C(CN)Oc2c(ccc3ccccc23)N1C. The van der Waals surface area contributed by atoms with E-state index in [9.17, 15) is 0 Å². The second-order valence-electron chi connectivity index (χ2n) is 4.88. The van der Waals surface area contributed by atoms with Crippen LogP contribution in [0.3, 0.4) is 0 Å². The third-order valence-corrected chi connectivity index (χ3v) is 3.89. The maximum atomic E-state index is 6.11. The molecular formula is C15H18N2O. The fourth-order valence-electron chi connectivity index (χ4n) is 2.60. The normalized spacial score (nSPS) is 22.7. The summed E-state index contributed by atoms with van der Waals surface area (Å²) in [6.07, 6.45) is 0.0494. The summed E-state index contributed by atoms with van der Waals surface area (Å²) in [5.41, 5.74) is 6.95. The third-order valence-electron chi connectivity index (χ3n) is 3.89. The topological polar surface area (TPSA) is 38.5 Å². The van der Waals surface area contributed by atoms with Crippen LogP contribution in [0, 0.1) is 0 Å². The third kappa shape index (κ3) is 1.55. The number of benzene rings is 2. The van der Waals surface area contributed by atoms with Gasteiger partial charge in [0.25, 0.3) is 0 Å². The molecule has 1 heterocycles. The van der Waals surface area contributed by atoms with Gasteiger partial charge in [-0.25, -0.2) is 0 Å². The van der Waals surface area contributed by atoms with Crippen LogP contribution >= 0.6 is 0 Å². The first kappa shape index (κ1) is 11.4. The van der Waals surface area contributed by atoms with Crippen molar-refractivity contribution in [3.05, 3.63) is 36.4 Å². The first-order chi connectivity index (χ1) is 8.72. The molecule has 0 amide bonds. The molecule has 0 saturated heterocycles. The molecule has 2 aromatic rings. The lowest BCUT2D eigenvalue weighted by Gasteiger charge is -2.39. The van der Waals surface area contributed by atoms with Crippen molar-refractivity contribution >= 4 is 16.5 Å². The van der Waals surface area contributed by atoms with Gasteiger partial charge in [0.2, 0.25) is 0 Å². The van der Waals surface area contributed by atoms with E-state index in [1.54, 1.807) is 0 Å². The van der Waals surface area contributed by atoms with Crippen molar-refractivity contribution in [1.82, 2.24) is 0 Å².